The Morgan fingerprint density at radius 2 is 2.18 bits per heavy atom. The lowest BCUT2D eigenvalue weighted by Crippen LogP contribution is -2.24. The fourth-order valence-corrected chi connectivity index (χ4v) is 3.01. The lowest BCUT2D eigenvalue weighted by atomic mass is 10.1. The molecule has 1 nitrogen and oxygen atoms in total. The van der Waals surface area contributed by atoms with Crippen molar-refractivity contribution < 1.29 is 4.39 Å². The molecule has 0 saturated carbocycles. The number of hydrogen-bond acceptors (Lipinski definition) is 2. The van der Waals surface area contributed by atoms with Gasteiger partial charge in [0, 0.05) is 17.4 Å². The van der Waals surface area contributed by atoms with E-state index in [-0.39, 0.29) is 11.9 Å². The first-order valence-corrected chi connectivity index (χ1v) is 7.90. The van der Waals surface area contributed by atoms with Crippen molar-refractivity contribution in [1.29, 1.82) is 0 Å². The second-order valence-electron chi connectivity index (χ2n) is 3.83. The molecule has 1 aromatic carbocycles. The van der Waals surface area contributed by atoms with E-state index in [0.29, 0.717) is 4.47 Å². The summed E-state index contributed by atoms with van der Waals surface area (Å²) in [7, 11) is 0. The molecule has 96 valence electrons. The van der Waals surface area contributed by atoms with Gasteiger partial charge in [-0.3, -0.25) is 0 Å². The second kappa shape index (κ2) is 8.11. The molecule has 0 aliphatic heterocycles. The predicted octanol–water partition coefficient (Wildman–Crippen LogP) is 4.38. The molecule has 0 bridgehead atoms. The smallest absolute Gasteiger partial charge is 0.142 e. The van der Waals surface area contributed by atoms with Crippen LogP contribution in [0.4, 0.5) is 4.39 Å². The Kier molecular flexibility index (Phi) is 7.16. The number of halogens is 2. The summed E-state index contributed by atoms with van der Waals surface area (Å²) in [5, 5.41) is 3.34. The minimum Gasteiger partial charge on any atom is -0.309 e. The van der Waals surface area contributed by atoms with Crippen LogP contribution in [-0.4, -0.2) is 18.1 Å². The number of hydrogen-bond donors (Lipinski definition) is 1. The number of nitrogens with one attached hydrogen (secondary N) is 1. The van der Waals surface area contributed by atoms with Gasteiger partial charge in [-0.15, -0.1) is 0 Å². The molecule has 4 heteroatoms. The van der Waals surface area contributed by atoms with Crippen LogP contribution < -0.4 is 5.32 Å². The van der Waals surface area contributed by atoms with Crippen LogP contribution in [0, 0.1) is 5.82 Å². The Labute approximate surface area is 116 Å². The summed E-state index contributed by atoms with van der Waals surface area (Å²) < 4.78 is 14.5. The Bertz CT molecular complexity index is 346. The first-order chi connectivity index (χ1) is 8.20. The van der Waals surface area contributed by atoms with Gasteiger partial charge in [0.25, 0.3) is 0 Å². The average molecular weight is 320 g/mol. The minimum absolute atomic E-state index is 0.0917. The summed E-state index contributed by atoms with van der Waals surface area (Å²) in [6, 6.07) is 5.58. The van der Waals surface area contributed by atoms with Gasteiger partial charge in [-0.2, -0.15) is 11.8 Å². The lowest BCUT2D eigenvalue weighted by Gasteiger charge is -2.19. The van der Waals surface area contributed by atoms with Crippen LogP contribution in [0.25, 0.3) is 0 Å². The quantitative estimate of drug-likeness (QED) is 0.748. The van der Waals surface area contributed by atoms with Crippen molar-refractivity contribution in [3.05, 3.63) is 34.1 Å². The van der Waals surface area contributed by atoms with Crippen molar-refractivity contribution in [2.75, 3.05) is 18.1 Å². The summed E-state index contributed by atoms with van der Waals surface area (Å²) in [6.45, 7) is 5.06. The number of benzene rings is 1. The van der Waals surface area contributed by atoms with Crippen LogP contribution in [0.15, 0.2) is 22.7 Å². The van der Waals surface area contributed by atoms with Gasteiger partial charge in [-0.1, -0.05) is 26.0 Å². The van der Waals surface area contributed by atoms with E-state index in [1.807, 2.05) is 30.8 Å². The van der Waals surface area contributed by atoms with Gasteiger partial charge in [0.15, 0.2) is 0 Å². The first-order valence-electron chi connectivity index (χ1n) is 5.95. The maximum absolute atomic E-state index is 14.0. The third-order valence-corrected chi connectivity index (χ3v) is 4.32. The van der Waals surface area contributed by atoms with E-state index in [9.17, 15) is 4.39 Å². The highest BCUT2D eigenvalue weighted by atomic mass is 79.9. The molecule has 17 heavy (non-hydrogen) atoms. The van der Waals surface area contributed by atoms with Crippen molar-refractivity contribution in [3.63, 3.8) is 0 Å². The van der Waals surface area contributed by atoms with Crippen LogP contribution in [0.5, 0.6) is 0 Å². The van der Waals surface area contributed by atoms with E-state index >= 15 is 0 Å². The maximum Gasteiger partial charge on any atom is 0.142 e. The molecule has 1 N–H and O–H groups in total. The number of thioether (sulfide) groups is 1. The molecule has 0 amide bonds. The van der Waals surface area contributed by atoms with Crippen LogP contribution in [-0.2, 0) is 0 Å². The van der Waals surface area contributed by atoms with Gasteiger partial charge in [-0.05, 0) is 40.7 Å². The fraction of sp³-hybridized carbons (Fsp3) is 0.538. The van der Waals surface area contributed by atoms with Crippen LogP contribution in [0.2, 0.25) is 0 Å². The highest BCUT2D eigenvalue weighted by molar-refractivity contribution is 9.10. The van der Waals surface area contributed by atoms with Gasteiger partial charge in [0.2, 0.25) is 0 Å². The van der Waals surface area contributed by atoms with Crippen molar-refractivity contribution >= 4 is 27.7 Å². The largest absolute Gasteiger partial charge is 0.309 e. The van der Waals surface area contributed by atoms with Gasteiger partial charge >= 0.3 is 0 Å². The summed E-state index contributed by atoms with van der Waals surface area (Å²) >= 11 is 5.10. The normalized spacial score (nSPS) is 12.7. The molecule has 1 rings (SSSR count). The molecule has 0 saturated heterocycles. The predicted molar refractivity (Wildman–Crippen MR) is 78.1 cm³/mol. The van der Waals surface area contributed by atoms with Crippen molar-refractivity contribution in [2.24, 2.45) is 0 Å². The second-order valence-corrected chi connectivity index (χ2v) is 5.83. The van der Waals surface area contributed by atoms with Crippen molar-refractivity contribution in [2.45, 2.75) is 26.3 Å². The third-order valence-electron chi connectivity index (χ3n) is 2.44. The average Bonchev–Trinajstić information content (AvgIpc) is 2.32. The molecule has 0 heterocycles. The SMILES string of the molecule is CCCSCC(NCC)c1cccc(Br)c1F. The molecule has 0 aliphatic carbocycles. The zero-order valence-corrected chi connectivity index (χ0v) is 12.7. The first kappa shape index (κ1) is 15.0. The summed E-state index contributed by atoms with van der Waals surface area (Å²) in [6.07, 6.45) is 1.16. The molecular weight excluding hydrogens is 301 g/mol. The van der Waals surface area contributed by atoms with Crippen molar-refractivity contribution in [1.82, 2.24) is 5.32 Å². The maximum atomic E-state index is 14.0. The van der Waals surface area contributed by atoms with Gasteiger partial charge in [0.1, 0.15) is 5.82 Å². The summed E-state index contributed by atoms with van der Waals surface area (Å²) in [5.41, 5.74) is 0.754. The van der Waals surface area contributed by atoms with Crippen LogP contribution >= 0.6 is 27.7 Å². The topological polar surface area (TPSA) is 12.0 Å². The highest BCUT2D eigenvalue weighted by Crippen LogP contribution is 2.26. The van der Waals surface area contributed by atoms with Gasteiger partial charge < -0.3 is 5.32 Å². The monoisotopic (exact) mass is 319 g/mol. The standard InChI is InChI=1S/C13H19BrFNS/c1-3-8-17-9-12(16-4-2)10-6-5-7-11(14)13(10)15/h5-7,12,16H,3-4,8-9H2,1-2H3. The molecule has 0 aromatic heterocycles. The van der Waals surface area contributed by atoms with E-state index < -0.39 is 0 Å². The Morgan fingerprint density at radius 3 is 2.82 bits per heavy atom. The third kappa shape index (κ3) is 4.60. The van der Waals surface area contributed by atoms with E-state index in [2.05, 4.69) is 28.2 Å². The van der Waals surface area contributed by atoms with E-state index in [4.69, 9.17) is 0 Å². The molecule has 1 aromatic rings. The minimum atomic E-state index is -0.143. The zero-order valence-electron chi connectivity index (χ0n) is 10.3. The molecule has 1 atom stereocenters. The van der Waals surface area contributed by atoms with Gasteiger partial charge in [-0.25, -0.2) is 4.39 Å². The Morgan fingerprint density at radius 1 is 1.41 bits per heavy atom. The molecule has 0 spiro atoms. The van der Waals surface area contributed by atoms with E-state index in [0.717, 1.165) is 30.0 Å². The Balaban J connectivity index is 2.77. The molecule has 0 fully saturated rings. The van der Waals surface area contributed by atoms with E-state index in [1.54, 1.807) is 6.07 Å². The molecule has 0 aliphatic rings. The van der Waals surface area contributed by atoms with E-state index in [1.165, 1.54) is 0 Å². The zero-order chi connectivity index (χ0) is 12.7. The lowest BCUT2D eigenvalue weighted by molar-refractivity contribution is 0.542. The summed E-state index contributed by atoms with van der Waals surface area (Å²) in [5.74, 6) is 1.89. The molecule has 0 radical (unpaired) electrons. The highest BCUT2D eigenvalue weighted by Gasteiger charge is 2.16. The Hall–Kier alpha value is -0.0600. The van der Waals surface area contributed by atoms with Gasteiger partial charge in [0.05, 0.1) is 4.47 Å². The summed E-state index contributed by atoms with van der Waals surface area (Å²) in [4.78, 5) is 0. The fourth-order valence-electron chi connectivity index (χ4n) is 1.64. The van der Waals surface area contributed by atoms with Crippen molar-refractivity contribution in [3.8, 4) is 0 Å². The number of rotatable bonds is 7. The molecular formula is C13H19BrFNS. The molecule has 1 unspecified atom stereocenters. The van der Waals surface area contributed by atoms with Crippen LogP contribution in [0.3, 0.4) is 0 Å². The van der Waals surface area contributed by atoms with Crippen LogP contribution in [0.1, 0.15) is 31.9 Å².